The molecular formula is C19H13BrN6O3S. The van der Waals surface area contributed by atoms with Gasteiger partial charge >= 0.3 is 0 Å². The summed E-state index contributed by atoms with van der Waals surface area (Å²) in [4.78, 5) is 27.8. The SMILES string of the molecule is CC1=NN(c2nc(-c3cccc([N+](=O)[O-])c3)cs2)C(=O)[C@@H]1N=Nc1ccc(Br)cc1. The van der Waals surface area contributed by atoms with Crippen molar-refractivity contribution < 1.29 is 9.72 Å². The smallest absolute Gasteiger partial charge is 0.269 e. The molecule has 1 atom stereocenters. The molecule has 9 nitrogen and oxygen atoms in total. The van der Waals surface area contributed by atoms with Crippen molar-refractivity contribution >= 4 is 55.4 Å². The lowest BCUT2D eigenvalue weighted by atomic mass is 10.1. The van der Waals surface area contributed by atoms with Crippen molar-refractivity contribution in [1.29, 1.82) is 0 Å². The van der Waals surface area contributed by atoms with E-state index in [1.807, 2.05) is 12.1 Å². The van der Waals surface area contributed by atoms with Gasteiger partial charge in [0.05, 0.1) is 22.0 Å². The zero-order chi connectivity index (χ0) is 21.3. The number of non-ortho nitro benzene ring substituents is 1. The van der Waals surface area contributed by atoms with Crippen LogP contribution in [0.25, 0.3) is 11.3 Å². The molecule has 30 heavy (non-hydrogen) atoms. The van der Waals surface area contributed by atoms with E-state index < -0.39 is 11.0 Å². The maximum Gasteiger partial charge on any atom is 0.282 e. The Hall–Kier alpha value is -3.31. The molecular weight excluding hydrogens is 472 g/mol. The molecule has 11 heteroatoms. The van der Waals surface area contributed by atoms with Crippen LogP contribution in [0, 0.1) is 10.1 Å². The van der Waals surface area contributed by atoms with Gasteiger partial charge in [0.2, 0.25) is 5.13 Å². The molecule has 1 aromatic heterocycles. The number of benzene rings is 2. The number of nitrogens with zero attached hydrogens (tertiary/aromatic N) is 6. The Morgan fingerprint density at radius 2 is 2.00 bits per heavy atom. The van der Waals surface area contributed by atoms with Crippen LogP contribution in [0.3, 0.4) is 0 Å². The number of amides is 1. The number of nitro groups is 1. The summed E-state index contributed by atoms with van der Waals surface area (Å²) in [7, 11) is 0. The lowest BCUT2D eigenvalue weighted by Crippen LogP contribution is -2.29. The number of thiazole rings is 1. The first-order valence-corrected chi connectivity index (χ1v) is 10.4. The molecule has 0 bridgehead atoms. The highest BCUT2D eigenvalue weighted by Crippen LogP contribution is 2.32. The van der Waals surface area contributed by atoms with E-state index in [1.54, 1.807) is 36.6 Å². The van der Waals surface area contributed by atoms with E-state index in [0.29, 0.717) is 27.8 Å². The topological polar surface area (TPSA) is 113 Å². The molecule has 0 aliphatic carbocycles. The number of carbonyl (C=O) groups excluding carboxylic acids is 1. The number of anilines is 1. The quantitative estimate of drug-likeness (QED) is 0.275. The van der Waals surface area contributed by atoms with Crippen LogP contribution < -0.4 is 5.01 Å². The molecule has 1 aliphatic rings. The molecule has 3 aromatic rings. The lowest BCUT2D eigenvalue weighted by molar-refractivity contribution is -0.384. The highest BCUT2D eigenvalue weighted by atomic mass is 79.9. The summed E-state index contributed by atoms with van der Waals surface area (Å²) < 4.78 is 0.922. The number of hydrogen-bond acceptors (Lipinski definition) is 8. The fourth-order valence-corrected chi connectivity index (χ4v) is 3.78. The summed E-state index contributed by atoms with van der Waals surface area (Å²) in [5.41, 5.74) is 2.22. The van der Waals surface area contributed by atoms with Crippen molar-refractivity contribution in [3.8, 4) is 11.3 Å². The monoisotopic (exact) mass is 484 g/mol. The van der Waals surface area contributed by atoms with Crippen molar-refractivity contribution in [3.05, 3.63) is 68.5 Å². The minimum absolute atomic E-state index is 0.0263. The standard InChI is InChI=1S/C19H13BrN6O3S/c1-11-17(23-22-14-7-5-13(20)6-8-14)18(27)25(24-11)19-21-16(10-30-19)12-3-2-4-15(9-12)26(28)29/h2-10,17H,1H3/t17-/m1/s1. The summed E-state index contributed by atoms with van der Waals surface area (Å²) in [5.74, 6) is -0.353. The molecule has 1 aliphatic heterocycles. The predicted molar refractivity (Wildman–Crippen MR) is 117 cm³/mol. The number of hydrogen-bond donors (Lipinski definition) is 0. The van der Waals surface area contributed by atoms with Gasteiger partial charge in [0.15, 0.2) is 6.04 Å². The van der Waals surface area contributed by atoms with Crippen LogP contribution in [-0.2, 0) is 4.79 Å². The van der Waals surface area contributed by atoms with Gasteiger partial charge in [-0.3, -0.25) is 14.9 Å². The summed E-state index contributed by atoms with van der Waals surface area (Å²) in [6.45, 7) is 1.71. The average molecular weight is 485 g/mol. The molecule has 0 spiro atoms. The van der Waals surface area contributed by atoms with Gasteiger partial charge in [-0.2, -0.15) is 20.3 Å². The highest BCUT2D eigenvalue weighted by molar-refractivity contribution is 9.10. The van der Waals surface area contributed by atoms with Crippen LogP contribution >= 0.6 is 27.3 Å². The zero-order valence-corrected chi connectivity index (χ0v) is 17.9. The molecule has 0 unspecified atom stereocenters. The molecule has 2 aromatic carbocycles. The second kappa shape index (κ2) is 8.20. The van der Waals surface area contributed by atoms with E-state index in [1.165, 1.54) is 28.5 Å². The van der Waals surface area contributed by atoms with Gasteiger partial charge in [-0.15, -0.1) is 11.3 Å². The summed E-state index contributed by atoms with van der Waals surface area (Å²) >= 11 is 4.57. The Bertz CT molecular complexity index is 1190. The van der Waals surface area contributed by atoms with Crippen LogP contribution in [0.5, 0.6) is 0 Å². The number of nitro benzene ring substituents is 1. The summed E-state index contributed by atoms with van der Waals surface area (Å²) in [6.07, 6.45) is 0. The first-order chi connectivity index (χ1) is 14.4. The van der Waals surface area contributed by atoms with Crippen LogP contribution in [0.15, 0.2) is 73.7 Å². The molecule has 2 heterocycles. The molecule has 4 rings (SSSR count). The number of hydrazone groups is 1. The minimum Gasteiger partial charge on any atom is -0.269 e. The van der Waals surface area contributed by atoms with Gasteiger partial charge in [-0.1, -0.05) is 28.1 Å². The second-order valence-corrected chi connectivity index (χ2v) is 8.06. The third-order valence-electron chi connectivity index (χ3n) is 4.24. The van der Waals surface area contributed by atoms with E-state index in [-0.39, 0.29) is 11.6 Å². The van der Waals surface area contributed by atoms with Gasteiger partial charge in [-0.05, 0) is 31.2 Å². The fourth-order valence-electron chi connectivity index (χ4n) is 2.73. The molecule has 0 radical (unpaired) electrons. The zero-order valence-electron chi connectivity index (χ0n) is 15.5. The number of aromatic nitrogens is 1. The van der Waals surface area contributed by atoms with E-state index in [9.17, 15) is 14.9 Å². The maximum atomic E-state index is 12.8. The van der Waals surface area contributed by atoms with Crippen LogP contribution in [-0.4, -0.2) is 27.6 Å². The average Bonchev–Trinajstić information content (AvgIpc) is 3.33. The van der Waals surface area contributed by atoms with Gasteiger partial charge in [0.25, 0.3) is 11.6 Å². The Morgan fingerprint density at radius 3 is 2.73 bits per heavy atom. The van der Waals surface area contributed by atoms with E-state index in [2.05, 4.69) is 36.2 Å². The van der Waals surface area contributed by atoms with Gasteiger partial charge in [0, 0.05) is 27.5 Å². The third-order valence-corrected chi connectivity index (χ3v) is 5.58. The number of carbonyl (C=O) groups is 1. The Balaban J connectivity index is 1.54. The van der Waals surface area contributed by atoms with E-state index in [4.69, 9.17) is 0 Å². The normalized spacial score (nSPS) is 16.3. The number of halogens is 1. The Kier molecular flexibility index (Phi) is 5.46. The van der Waals surface area contributed by atoms with Crippen molar-refractivity contribution in [2.75, 3.05) is 5.01 Å². The molecule has 0 saturated heterocycles. The molecule has 150 valence electrons. The van der Waals surface area contributed by atoms with Crippen molar-refractivity contribution in [1.82, 2.24) is 4.98 Å². The molecule has 0 saturated carbocycles. The Labute approximate surface area is 183 Å². The second-order valence-electron chi connectivity index (χ2n) is 6.31. The molecule has 0 N–H and O–H groups in total. The van der Waals surface area contributed by atoms with Crippen molar-refractivity contribution in [2.24, 2.45) is 15.3 Å². The van der Waals surface area contributed by atoms with Crippen LogP contribution in [0.4, 0.5) is 16.5 Å². The summed E-state index contributed by atoms with van der Waals surface area (Å²) in [5, 5.41) is 26.8. The van der Waals surface area contributed by atoms with Gasteiger partial charge in [0.1, 0.15) is 0 Å². The minimum atomic E-state index is -0.821. The van der Waals surface area contributed by atoms with Gasteiger partial charge in [-0.25, -0.2) is 4.98 Å². The van der Waals surface area contributed by atoms with Crippen molar-refractivity contribution in [2.45, 2.75) is 13.0 Å². The number of azo groups is 1. The third kappa shape index (κ3) is 4.02. The number of rotatable bonds is 5. The first kappa shape index (κ1) is 20.0. The lowest BCUT2D eigenvalue weighted by Gasteiger charge is -2.08. The molecule has 0 fully saturated rings. The largest absolute Gasteiger partial charge is 0.282 e. The maximum absolute atomic E-state index is 12.8. The van der Waals surface area contributed by atoms with E-state index in [0.717, 1.165) is 4.47 Å². The van der Waals surface area contributed by atoms with Crippen LogP contribution in [0.1, 0.15) is 6.92 Å². The van der Waals surface area contributed by atoms with E-state index >= 15 is 0 Å². The summed E-state index contributed by atoms with van der Waals surface area (Å²) in [6, 6.07) is 12.6. The highest BCUT2D eigenvalue weighted by Gasteiger charge is 2.36. The fraction of sp³-hybridized carbons (Fsp3) is 0.105. The van der Waals surface area contributed by atoms with Crippen LogP contribution in [0.2, 0.25) is 0 Å². The molecule has 1 amide bonds. The Morgan fingerprint density at radius 1 is 1.23 bits per heavy atom. The predicted octanol–water partition coefficient (Wildman–Crippen LogP) is 5.36. The first-order valence-electron chi connectivity index (χ1n) is 8.68. The van der Waals surface area contributed by atoms with Crippen molar-refractivity contribution in [3.63, 3.8) is 0 Å². The van der Waals surface area contributed by atoms with Gasteiger partial charge < -0.3 is 0 Å².